The minimum absolute atomic E-state index is 0.129. The number of ether oxygens (including phenoxy) is 2. The largest absolute Gasteiger partial charge is 0.494 e. The zero-order valence-electron chi connectivity index (χ0n) is 16.2. The summed E-state index contributed by atoms with van der Waals surface area (Å²) in [7, 11) is 0. The number of unbranched alkanes of at least 4 members (excludes halogenated alkanes) is 1. The third-order valence-electron chi connectivity index (χ3n) is 4.83. The van der Waals surface area contributed by atoms with E-state index in [0.29, 0.717) is 18.0 Å². The van der Waals surface area contributed by atoms with Crippen molar-refractivity contribution in [3.8, 4) is 11.5 Å². The first kappa shape index (κ1) is 19.7. The van der Waals surface area contributed by atoms with E-state index >= 15 is 0 Å². The number of hydrogen-bond acceptors (Lipinski definition) is 4. The molecule has 0 aromatic heterocycles. The number of fused-ring (bicyclic) bond motifs is 1. The lowest BCUT2D eigenvalue weighted by Crippen LogP contribution is -2.24. The van der Waals surface area contributed by atoms with Crippen molar-refractivity contribution in [2.75, 3.05) is 11.9 Å². The molecule has 0 saturated heterocycles. The van der Waals surface area contributed by atoms with Gasteiger partial charge >= 0.3 is 5.97 Å². The van der Waals surface area contributed by atoms with Gasteiger partial charge in [-0.25, -0.2) is 0 Å². The summed E-state index contributed by atoms with van der Waals surface area (Å²) in [5, 5.41) is 10.2. The van der Waals surface area contributed by atoms with Crippen molar-refractivity contribution in [2.24, 2.45) is 5.73 Å². The minimum Gasteiger partial charge on any atom is -0.494 e. The first-order valence-electron chi connectivity index (χ1n) is 9.75. The third-order valence-corrected chi connectivity index (χ3v) is 4.83. The van der Waals surface area contributed by atoms with E-state index in [-0.39, 0.29) is 17.8 Å². The standard InChI is InChI=1S/C22H27N3O3/c1-2-3-13-27-17-9-11-18(12-10-17)28-21(26)19-6-4-5-15-7-8-16(14-20(15)19)25-22(23)24/h7-12,14,19H,2-6,13H2,1H3,(H4,23,24,25). The van der Waals surface area contributed by atoms with Crippen LogP contribution in [-0.2, 0) is 11.2 Å². The Morgan fingerprint density at radius 2 is 1.96 bits per heavy atom. The molecule has 0 fully saturated rings. The normalized spacial score (nSPS) is 15.4. The molecule has 0 aliphatic heterocycles. The predicted molar refractivity (Wildman–Crippen MR) is 110 cm³/mol. The van der Waals surface area contributed by atoms with E-state index in [9.17, 15) is 4.79 Å². The van der Waals surface area contributed by atoms with E-state index in [0.717, 1.165) is 49.0 Å². The summed E-state index contributed by atoms with van der Waals surface area (Å²) in [6, 6.07) is 12.9. The lowest BCUT2D eigenvalue weighted by atomic mass is 9.82. The first-order valence-corrected chi connectivity index (χ1v) is 9.75. The predicted octanol–water partition coefficient (Wildman–Crippen LogP) is 4.20. The van der Waals surface area contributed by atoms with Crippen molar-refractivity contribution < 1.29 is 14.3 Å². The van der Waals surface area contributed by atoms with Crippen LogP contribution in [0, 0.1) is 5.41 Å². The zero-order chi connectivity index (χ0) is 19.9. The number of aryl methyl sites for hydroxylation is 1. The summed E-state index contributed by atoms with van der Waals surface area (Å²) in [4.78, 5) is 12.8. The Balaban J connectivity index is 1.69. The fourth-order valence-corrected chi connectivity index (χ4v) is 3.40. The molecule has 0 heterocycles. The number of nitrogens with one attached hydrogen (secondary N) is 2. The molecule has 2 aromatic carbocycles. The Kier molecular flexibility index (Phi) is 6.53. The van der Waals surface area contributed by atoms with Gasteiger partial charge in [-0.3, -0.25) is 10.2 Å². The van der Waals surface area contributed by atoms with Gasteiger partial charge < -0.3 is 20.5 Å². The van der Waals surface area contributed by atoms with Crippen molar-refractivity contribution in [2.45, 2.75) is 44.9 Å². The van der Waals surface area contributed by atoms with E-state index in [1.165, 1.54) is 0 Å². The molecule has 1 atom stereocenters. The zero-order valence-corrected chi connectivity index (χ0v) is 16.2. The van der Waals surface area contributed by atoms with Gasteiger partial charge in [0.25, 0.3) is 0 Å². The van der Waals surface area contributed by atoms with Gasteiger partial charge in [-0.15, -0.1) is 0 Å². The maximum absolute atomic E-state index is 12.8. The van der Waals surface area contributed by atoms with Gasteiger partial charge in [-0.1, -0.05) is 19.4 Å². The topological polar surface area (TPSA) is 97.4 Å². The number of guanidine groups is 1. The van der Waals surface area contributed by atoms with E-state index in [1.807, 2.05) is 30.3 Å². The molecule has 0 amide bonds. The Morgan fingerprint density at radius 1 is 1.21 bits per heavy atom. The number of carbonyl (C=O) groups excluding carboxylic acids is 1. The van der Waals surface area contributed by atoms with Crippen LogP contribution in [0.15, 0.2) is 42.5 Å². The van der Waals surface area contributed by atoms with E-state index in [1.54, 1.807) is 12.1 Å². The Labute approximate surface area is 165 Å². The second-order valence-electron chi connectivity index (χ2n) is 6.99. The Bertz CT molecular complexity index is 833. The second-order valence-corrected chi connectivity index (χ2v) is 6.99. The molecule has 1 aliphatic carbocycles. The van der Waals surface area contributed by atoms with Crippen molar-refractivity contribution in [3.05, 3.63) is 53.6 Å². The number of hydrogen-bond donors (Lipinski definition) is 3. The van der Waals surface area contributed by atoms with Crippen molar-refractivity contribution in [1.29, 1.82) is 5.41 Å². The molecule has 2 aromatic rings. The third kappa shape index (κ3) is 5.03. The molecule has 28 heavy (non-hydrogen) atoms. The summed E-state index contributed by atoms with van der Waals surface area (Å²) in [5.41, 5.74) is 8.21. The molecule has 3 rings (SSSR count). The highest BCUT2D eigenvalue weighted by Gasteiger charge is 2.28. The van der Waals surface area contributed by atoms with Crippen LogP contribution < -0.4 is 20.5 Å². The van der Waals surface area contributed by atoms with Crippen molar-refractivity contribution >= 4 is 17.6 Å². The van der Waals surface area contributed by atoms with Crippen LogP contribution in [0.4, 0.5) is 5.69 Å². The molecule has 6 heteroatoms. The van der Waals surface area contributed by atoms with Gasteiger partial charge in [0.15, 0.2) is 5.96 Å². The summed E-state index contributed by atoms with van der Waals surface area (Å²) < 4.78 is 11.3. The first-order chi connectivity index (χ1) is 13.6. The van der Waals surface area contributed by atoms with Crippen LogP contribution in [0.1, 0.15) is 49.7 Å². The summed E-state index contributed by atoms with van der Waals surface area (Å²) >= 11 is 0. The fraction of sp³-hybridized carbons (Fsp3) is 0.364. The van der Waals surface area contributed by atoms with Gasteiger partial charge in [0.1, 0.15) is 11.5 Å². The number of anilines is 1. The van der Waals surface area contributed by atoms with Gasteiger partial charge in [0, 0.05) is 5.69 Å². The highest BCUT2D eigenvalue weighted by atomic mass is 16.5. The summed E-state index contributed by atoms with van der Waals surface area (Å²) in [5.74, 6) is 0.573. The molecule has 148 valence electrons. The van der Waals surface area contributed by atoms with Crippen molar-refractivity contribution in [1.82, 2.24) is 0 Å². The molecule has 4 N–H and O–H groups in total. The lowest BCUT2D eigenvalue weighted by Gasteiger charge is -2.25. The lowest BCUT2D eigenvalue weighted by molar-refractivity contribution is -0.136. The van der Waals surface area contributed by atoms with Crippen LogP contribution in [0.3, 0.4) is 0 Å². The molecule has 0 saturated carbocycles. The molecular weight excluding hydrogens is 354 g/mol. The fourth-order valence-electron chi connectivity index (χ4n) is 3.40. The Hall–Kier alpha value is -3.02. The van der Waals surface area contributed by atoms with Gasteiger partial charge in [0.2, 0.25) is 0 Å². The monoisotopic (exact) mass is 381 g/mol. The smallest absolute Gasteiger partial charge is 0.318 e. The average molecular weight is 381 g/mol. The molecular formula is C22H27N3O3. The second kappa shape index (κ2) is 9.26. The Morgan fingerprint density at radius 3 is 2.68 bits per heavy atom. The van der Waals surface area contributed by atoms with Crippen LogP contribution in [0.2, 0.25) is 0 Å². The molecule has 1 aliphatic rings. The van der Waals surface area contributed by atoms with Gasteiger partial charge in [-0.05, 0) is 73.2 Å². The van der Waals surface area contributed by atoms with E-state index in [2.05, 4.69) is 12.2 Å². The minimum atomic E-state index is -0.321. The number of rotatable bonds is 7. The SMILES string of the molecule is CCCCOc1ccc(OC(=O)C2CCCc3ccc(NC(=N)N)cc32)cc1. The number of nitrogens with two attached hydrogens (primary N) is 1. The van der Waals surface area contributed by atoms with Gasteiger partial charge in [-0.2, -0.15) is 0 Å². The van der Waals surface area contributed by atoms with Gasteiger partial charge in [0.05, 0.1) is 12.5 Å². The highest BCUT2D eigenvalue weighted by Crippen LogP contribution is 2.35. The molecule has 6 nitrogen and oxygen atoms in total. The van der Waals surface area contributed by atoms with E-state index < -0.39 is 0 Å². The molecule has 0 radical (unpaired) electrons. The highest BCUT2D eigenvalue weighted by molar-refractivity contribution is 5.90. The maximum Gasteiger partial charge on any atom is 0.318 e. The number of benzene rings is 2. The van der Waals surface area contributed by atoms with E-state index in [4.69, 9.17) is 20.6 Å². The van der Waals surface area contributed by atoms with Crippen LogP contribution in [0.5, 0.6) is 11.5 Å². The number of carbonyl (C=O) groups is 1. The molecule has 0 bridgehead atoms. The van der Waals surface area contributed by atoms with Crippen LogP contribution in [0.25, 0.3) is 0 Å². The summed E-state index contributed by atoms with van der Waals surface area (Å²) in [6.07, 6.45) is 4.72. The summed E-state index contributed by atoms with van der Waals surface area (Å²) in [6.45, 7) is 2.81. The molecule has 1 unspecified atom stereocenters. The molecule has 0 spiro atoms. The van der Waals surface area contributed by atoms with Crippen molar-refractivity contribution in [3.63, 3.8) is 0 Å². The maximum atomic E-state index is 12.8. The quantitative estimate of drug-likeness (QED) is 0.220. The van der Waals surface area contributed by atoms with Crippen LogP contribution in [-0.4, -0.2) is 18.5 Å². The number of esters is 1. The average Bonchev–Trinajstić information content (AvgIpc) is 2.68. The van der Waals surface area contributed by atoms with Crippen LogP contribution >= 0.6 is 0 Å².